The van der Waals surface area contributed by atoms with Crippen LogP contribution < -0.4 is 0 Å². The average Bonchev–Trinajstić information content (AvgIpc) is 3.44. The van der Waals surface area contributed by atoms with Gasteiger partial charge in [-0.25, -0.2) is 0 Å². The van der Waals surface area contributed by atoms with E-state index in [1.165, 1.54) is 109 Å². The van der Waals surface area contributed by atoms with Crippen molar-refractivity contribution in [1.82, 2.24) is 0 Å². The van der Waals surface area contributed by atoms with E-state index in [0.717, 1.165) is 22.3 Å². The van der Waals surface area contributed by atoms with Gasteiger partial charge in [0.2, 0.25) is 0 Å². The molecule has 0 aromatic heterocycles. The van der Waals surface area contributed by atoms with Crippen molar-refractivity contribution in [2.24, 2.45) is 0 Å². The van der Waals surface area contributed by atoms with E-state index in [-0.39, 0.29) is 16.9 Å². The molecule has 0 atom stereocenters. The molecule has 2 heteroatoms. The van der Waals surface area contributed by atoms with Crippen molar-refractivity contribution < 1.29 is 10.2 Å². The Hall–Kier alpha value is -5.08. The first-order valence-electron chi connectivity index (χ1n) is 19.1. The number of aromatic hydroxyl groups is 2. The average molecular weight is 671 g/mol. The maximum absolute atomic E-state index is 9.76. The number of phenolic OH excluding ortho intramolecular Hbond substituents is 2. The third-order valence-electron chi connectivity index (χ3n) is 11.1. The van der Waals surface area contributed by atoms with Crippen LogP contribution in [0.15, 0.2) is 133 Å². The second-order valence-corrected chi connectivity index (χ2v) is 14.5. The molecule has 2 nitrogen and oxygen atoms in total. The Kier molecular flexibility index (Phi) is 10.4. The standard InChI is InChI=1S/C49H50O2/c1-3-5-7-9-31-49(32-10-8-6-4-2)47-33-41(39-15-11-35(12-16-39)37-19-25-43(50)26-20-37)23-29-45(47)46-30-24-42(34-48(46)49)40-17-13-36(14-18-40)38-21-27-44(51)28-22-38/h11-30,33-34,50-51H,3-10,31-32H2,1-2H3. The monoisotopic (exact) mass is 670 g/mol. The van der Waals surface area contributed by atoms with Crippen molar-refractivity contribution in [1.29, 1.82) is 0 Å². The molecule has 1 aliphatic carbocycles. The molecule has 0 aliphatic heterocycles. The first-order valence-corrected chi connectivity index (χ1v) is 19.1. The largest absolute Gasteiger partial charge is 0.508 e. The molecule has 0 heterocycles. The maximum atomic E-state index is 9.76. The highest BCUT2D eigenvalue weighted by atomic mass is 16.3. The van der Waals surface area contributed by atoms with Gasteiger partial charge in [-0.05, 0) is 116 Å². The second kappa shape index (κ2) is 15.4. The highest BCUT2D eigenvalue weighted by molar-refractivity contribution is 5.86. The Labute approximate surface area is 304 Å². The van der Waals surface area contributed by atoms with E-state index in [1.807, 2.05) is 24.3 Å². The Morgan fingerprint density at radius 3 is 0.980 bits per heavy atom. The summed E-state index contributed by atoms with van der Waals surface area (Å²) in [6.07, 6.45) is 12.4. The van der Waals surface area contributed by atoms with Gasteiger partial charge in [-0.15, -0.1) is 0 Å². The molecule has 0 saturated carbocycles. The van der Waals surface area contributed by atoms with Crippen LogP contribution in [0.5, 0.6) is 11.5 Å². The lowest BCUT2D eigenvalue weighted by Crippen LogP contribution is -2.25. The zero-order valence-corrected chi connectivity index (χ0v) is 30.2. The van der Waals surface area contributed by atoms with Crippen LogP contribution in [0.4, 0.5) is 0 Å². The first-order chi connectivity index (χ1) is 25.0. The predicted octanol–water partition coefficient (Wildman–Crippen LogP) is 14.0. The fourth-order valence-electron chi connectivity index (χ4n) is 8.24. The third kappa shape index (κ3) is 7.24. The minimum atomic E-state index is -0.0177. The van der Waals surface area contributed by atoms with Gasteiger partial charge in [0, 0.05) is 5.41 Å². The number of fused-ring (bicyclic) bond motifs is 3. The van der Waals surface area contributed by atoms with E-state index in [4.69, 9.17) is 0 Å². The minimum Gasteiger partial charge on any atom is -0.508 e. The maximum Gasteiger partial charge on any atom is 0.115 e. The van der Waals surface area contributed by atoms with E-state index in [2.05, 4.69) is 98.8 Å². The summed E-state index contributed by atoms with van der Waals surface area (Å²) in [6.45, 7) is 4.61. The van der Waals surface area contributed by atoms with Crippen LogP contribution in [0.1, 0.15) is 89.2 Å². The fraction of sp³-hybridized carbons (Fsp3) is 0.265. The minimum absolute atomic E-state index is 0.0177. The molecule has 0 bridgehead atoms. The summed E-state index contributed by atoms with van der Waals surface area (Å²) >= 11 is 0. The number of rotatable bonds is 14. The highest BCUT2D eigenvalue weighted by Gasteiger charge is 2.42. The van der Waals surface area contributed by atoms with Crippen LogP contribution >= 0.6 is 0 Å². The Balaban J connectivity index is 1.28. The quantitative estimate of drug-likeness (QED) is 0.113. The van der Waals surface area contributed by atoms with Gasteiger partial charge in [-0.1, -0.05) is 162 Å². The van der Waals surface area contributed by atoms with Crippen LogP contribution in [0.3, 0.4) is 0 Å². The molecule has 0 saturated heterocycles. The number of hydrogen-bond acceptors (Lipinski definition) is 2. The Morgan fingerprint density at radius 2 is 0.647 bits per heavy atom. The van der Waals surface area contributed by atoms with E-state index in [0.29, 0.717) is 0 Å². The normalized spacial score (nSPS) is 12.8. The van der Waals surface area contributed by atoms with Gasteiger partial charge < -0.3 is 10.2 Å². The van der Waals surface area contributed by atoms with Crippen molar-refractivity contribution in [3.8, 4) is 67.1 Å². The fourth-order valence-corrected chi connectivity index (χ4v) is 8.24. The van der Waals surface area contributed by atoms with Gasteiger partial charge in [0.1, 0.15) is 11.5 Å². The van der Waals surface area contributed by atoms with E-state index < -0.39 is 0 Å². The summed E-state index contributed by atoms with van der Waals surface area (Å²) < 4.78 is 0. The van der Waals surface area contributed by atoms with Crippen molar-refractivity contribution in [2.75, 3.05) is 0 Å². The van der Waals surface area contributed by atoms with Crippen LogP contribution in [0, 0.1) is 0 Å². The summed E-state index contributed by atoms with van der Waals surface area (Å²) in [5.74, 6) is 0.580. The van der Waals surface area contributed by atoms with Gasteiger partial charge in [0.05, 0.1) is 0 Å². The lowest BCUT2D eigenvalue weighted by atomic mass is 9.70. The topological polar surface area (TPSA) is 40.5 Å². The summed E-state index contributed by atoms with van der Waals surface area (Å²) in [6, 6.07) is 47.1. The molecule has 6 aromatic carbocycles. The molecule has 6 aromatic rings. The van der Waals surface area contributed by atoms with E-state index in [1.54, 1.807) is 24.3 Å². The zero-order chi connectivity index (χ0) is 35.2. The van der Waals surface area contributed by atoms with E-state index >= 15 is 0 Å². The van der Waals surface area contributed by atoms with Gasteiger partial charge in [0.15, 0.2) is 0 Å². The van der Waals surface area contributed by atoms with Crippen molar-refractivity contribution in [3.05, 3.63) is 145 Å². The third-order valence-corrected chi connectivity index (χ3v) is 11.1. The summed E-state index contributed by atoms with van der Waals surface area (Å²) in [5, 5.41) is 19.5. The number of phenols is 2. The lowest BCUT2D eigenvalue weighted by Gasteiger charge is -2.33. The summed E-state index contributed by atoms with van der Waals surface area (Å²) in [5.41, 5.74) is 15.3. The first kappa shape index (κ1) is 34.4. The molecule has 0 unspecified atom stereocenters. The molecule has 7 rings (SSSR count). The zero-order valence-electron chi connectivity index (χ0n) is 30.2. The molecule has 2 N–H and O–H groups in total. The molecule has 51 heavy (non-hydrogen) atoms. The van der Waals surface area contributed by atoms with Crippen LogP contribution in [0.2, 0.25) is 0 Å². The lowest BCUT2D eigenvalue weighted by molar-refractivity contribution is 0.401. The van der Waals surface area contributed by atoms with Gasteiger partial charge in [0.25, 0.3) is 0 Å². The summed E-state index contributed by atoms with van der Waals surface area (Å²) in [4.78, 5) is 0. The van der Waals surface area contributed by atoms with Crippen molar-refractivity contribution in [3.63, 3.8) is 0 Å². The molecule has 1 aliphatic rings. The Morgan fingerprint density at radius 1 is 0.353 bits per heavy atom. The van der Waals surface area contributed by atoms with Gasteiger partial charge >= 0.3 is 0 Å². The molecule has 0 radical (unpaired) electrons. The van der Waals surface area contributed by atoms with Gasteiger partial charge in [-0.3, -0.25) is 0 Å². The molecule has 0 fully saturated rings. The number of hydrogen-bond donors (Lipinski definition) is 2. The smallest absolute Gasteiger partial charge is 0.115 e. The van der Waals surface area contributed by atoms with Gasteiger partial charge in [-0.2, -0.15) is 0 Å². The molecular weight excluding hydrogens is 621 g/mol. The molecule has 0 spiro atoms. The van der Waals surface area contributed by atoms with Crippen molar-refractivity contribution >= 4 is 0 Å². The summed E-state index contributed by atoms with van der Waals surface area (Å²) in [7, 11) is 0. The molecule has 0 amide bonds. The molecule has 258 valence electrons. The molecular formula is C49H50O2. The van der Waals surface area contributed by atoms with E-state index in [9.17, 15) is 10.2 Å². The van der Waals surface area contributed by atoms with Crippen molar-refractivity contribution in [2.45, 2.75) is 83.5 Å². The Bertz CT molecular complexity index is 1900. The second-order valence-electron chi connectivity index (χ2n) is 14.5. The SMILES string of the molecule is CCCCCCC1(CCCCCC)c2cc(-c3ccc(-c4ccc(O)cc4)cc3)ccc2-c2ccc(-c3ccc(-c4ccc(O)cc4)cc3)cc21. The van der Waals surface area contributed by atoms with Crippen LogP contribution in [-0.2, 0) is 5.41 Å². The highest BCUT2D eigenvalue weighted by Crippen LogP contribution is 2.56. The van der Waals surface area contributed by atoms with Crippen LogP contribution in [0.25, 0.3) is 55.6 Å². The number of unbranched alkanes of at least 4 members (excludes halogenated alkanes) is 6. The van der Waals surface area contributed by atoms with Crippen LogP contribution in [-0.4, -0.2) is 10.2 Å². The predicted molar refractivity (Wildman–Crippen MR) is 215 cm³/mol. The number of benzene rings is 6.